The van der Waals surface area contributed by atoms with E-state index in [9.17, 15) is 0 Å². The molecule has 1 N–H and O–H groups in total. The van der Waals surface area contributed by atoms with Crippen LogP contribution in [0.4, 0.5) is 0 Å². The van der Waals surface area contributed by atoms with Crippen molar-refractivity contribution in [3.8, 4) is 11.5 Å². The highest BCUT2D eigenvalue weighted by atomic mass is 32.2. The number of guanidine groups is 1. The van der Waals surface area contributed by atoms with Gasteiger partial charge >= 0.3 is 0 Å². The fraction of sp³-hybridized carbons (Fsp3) is 0.611. The van der Waals surface area contributed by atoms with Gasteiger partial charge in [0.25, 0.3) is 0 Å². The summed E-state index contributed by atoms with van der Waals surface area (Å²) >= 11 is 2.07. The van der Waals surface area contributed by atoms with Gasteiger partial charge in [-0.25, -0.2) is 4.99 Å². The van der Waals surface area contributed by atoms with Crippen LogP contribution in [0.3, 0.4) is 0 Å². The molecule has 1 aliphatic heterocycles. The lowest BCUT2D eigenvalue weighted by Gasteiger charge is -2.34. The molecule has 1 aromatic rings. The van der Waals surface area contributed by atoms with Gasteiger partial charge in [0.2, 0.25) is 0 Å². The lowest BCUT2D eigenvalue weighted by molar-refractivity contribution is 0.354. The fourth-order valence-corrected chi connectivity index (χ4v) is 3.91. The quantitative estimate of drug-likeness (QED) is 0.631. The Bertz CT molecular complexity index is 551. The summed E-state index contributed by atoms with van der Waals surface area (Å²) in [4.78, 5) is 7.22. The largest absolute Gasteiger partial charge is 0.493 e. The third-order valence-electron chi connectivity index (χ3n) is 4.09. The molecule has 1 atom stereocenters. The lowest BCUT2D eigenvalue weighted by Crippen LogP contribution is -2.48. The van der Waals surface area contributed by atoms with E-state index in [1.807, 2.05) is 18.2 Å². The molecular formula is C18H29N3O2S. The number of rotatable bonds is 6. The zero-order valence-corrected chi connectivity index (χ0v) is 16.0. The minimum absolute atomic E-state index is 0.628. The van der Waals surface area contributed by atoms with Crippen LogP contribution in [0.1, 0.15) is 25.8 Å². The molecule has 2 rings (SSSR count). The maximum atomic E-state index is 5.37. The first-order valence-corrected chi connectivity index (χ1v) is 9.62. The number of hydrogen-bond donors (Lipinski definition) is 1. The molecule has 0 bridgehead atoms. The van der Waals surface area contributed by atoms with Crippen LogP contribution >= 0.6 is 11.8 Å². The van der Waals surface area contributed by atoms with E-state index >= 15 is 0 Å². The molecule has 6 heteroatoms. The van der Waals surface area contributed by atoms with Gasteiger partial charge in [0.15, 0.2) is 17.5 Å². The number of thioether (sulfide) groups is 1. The molecule has 0 aromatic heterocycles. The van der Waals surface area contributed by atoms with Crippen molar-refractivity contribution in [1.29, 1.82) is 0 Å². The van der Waals surface area contributed by atoms with Gasteiger partial charge in [0, 0.05) is 30.6 Å². The van der Waals surface area contributed by atoms with Crippen molar-refractivity contribution < 1.29 is 9.47 Å². The van der Waals surface area contributed by atoms with Crippen molar-refractivity contribution in [1.82, 2.24) is 10.2 Å². The Labute approximate surface area is 149 Å². The summed E-state index contributed by atoms with van der Waals surface area (Å²) in [6, 6.07) is 5.96. The Morgan fingerprint density at radius 1 is 1.29 bits per heavy atom. The highest BCUT2D eigenvalue weighted by Gasteiger charge is 2.21. The Kier molecular flexibility index (Phi) is 7.56. The Hall–Kier alpha value is -1.56. The van der Waals surface area contributed by atoms with Crippen molar-refractivity contribution in [3.63, 3.8) is 0 Å². The standard InChI is InChI=1S/C18H29N3O2S/c1-5-15-13-21(9-10-24-15)18(19-6-2)20-12-14-7-8-16(22-3)17(11-14)23-4/h7-8,11,15H,5-6,9-10,12-13H2,1-4H3,(H,19,20). The zero-order valence-electron chi connectivity index (χ0n) is 15.2. The van der Waals surface area contributed by atoms with Gasteiger partial charge in [-0.3, -0.25) is 0 Å². The minimum atomic E-state index is 0.628. The van der Waals surface area contributed by atoms with Gasteiger partial charge in [-0.05, 0) is 31.0 Å². The third kappa shape index (κ3) is 4.97. The van der Waals surface area contributed by atoms with Gasteiger partial charge in [-0.15, -0.1) is 0 Å². The molecule has 1 unspecified atom stereocenters. The van der Waals surface area contributed by atoms with Gasteiger partial charge < -0.3 is 19.7 Å². The second-order valence-electron chi connectivity index (χ2n) is 5.71. The second kappa shape index (κ2) is 9.67. The highest BCUT2D eigenvalue weighted by Crippen LogP contribution is 2.28. The summed E-state index contributed by atoms with van der Waals surface area (Å²) < 4.78 is 10.7. The average molecular weight is 352 g/mol. The first-order chi connectivity index (χ1) is 11.7. The lowest BCUT2D eigenvalue weighted by atomic mass is 10.2. The van der Waals surface area contributed by atoms with E-state index in [4.69, 9.17) is 14.5 Å². The molecule has 134 valence electrons. The normalized spacial score (nSPS) is 18.4. The Balaban J connectivity index is 2.10. The number of methoxy groups -OCH3 is 2. The SMILES string of the molecule is CCNC(=NCc1ccc(OC)c(OC)c1)N1CCSC(CC)C1. The number of nitrogens with zero attached hydrogens (tertiary/aromatic N) is 2. The highest BCUT2D eigenvalue weighted by molar-refractivity contribution is 8.00. The first kappa shape index (κ1) is 18.8. The molecule has 1 saturated heterocycles. The number of nitrogens with one attached hydrogen (secondary N) is 1. The van der Waals surface area contributed by atoms with Crippen LogP contribution in [0.2, 0.25) is 0 Å². The van der Waals surface area contributed by atoms with Crippen molar-refractivity contribution in [2.75, 3.05) is 39.6 Å². The molecule has 0 radical (unpaired) electrons. The zero-order chi connectivity index (χ0) is 17.4. The van der Waals surface area contributed by atoms with Crippen molar-refractivity contribution >= 4 is 17.7 Å². The summed E-state index contributed by atoms with van der Waals surface area (Å²) in [6.45, 7) is 8.00. The first-order valence-electron chi connectivity index (χ1n) is 8.57. The van der Waals surface area contributed by atoms with E-state index in [1.54, 1.807) is 14.2 Å². The topological polar surface area (TPSA) is 46.1 Å². The molecule has 5 nitrogen and oxygen atoms in total. The summed E-state index contributed by atoms with van der Waals surface area (Å²) in [5, 5.41) is 4.13. The molecule has 1 aromatic carbocycles. The molecule has 0 saturated carbocycles. The average Bonchev–Trinajstić information content (AvgIpc) is 2.64. The maximum Gasteiger partial charge on any atom is 0.194 e. The monoisotopic (exact) mass is 351 g/mol. The predicted octanol–water partition coefficient (Wildman–Crippen LogP) is 3.00. The van der Waals surface area contributed by atoms with Crippen LogP contribution in [0, 0.1) is 0 Å². The van der Waals surface area contributed by atoms with Crippen LogP contribution in [0.5, 0.6) is 11.5 Å². The van der Waals surface area contributed by atoms with Crippen LogP contribution in [-0.4, -0.2) is 55.7 Å². The molecule has 0 aliphatic carbocycles. The Morgan fingerprint density at radius 3 is 2.75 bits per heavy atom. The van der Waals surface area contributed by atoms with Crippen molar-refractivity contribution in [2.45, 2.75) is 32.1 Å². The molecular weight excluding hydrogens is 322 g/mol. The van der Waals surface area contributed by atoms with Gasteiger partial charge in [-0.1, -0.05) is 13.0 Å². The number of hydrogen-bond acceptors (Lipinski definition) is 4. The number of benzene rings is 1. The van der Waals surface area contributed by atoms with Crippen LogP contribution in [-0.2, 0) is 6.54 Å². The molecule has 1 heterocycles. The van der Waals surface area contributed by atoms with E-state index in [0.717, 1.165) is 42.7 Å². The molecule has 24 heavy (non-hydrogen) atoms. The van der Waals surface area contributed by atoms with E-state index < -0.39 is 0 Å². The van der Waals surface area contributed by atoms with E-state index in [0.29, 0.717) is 11.8 Å². The molecule has 1 aliphatic rings. The van der Waals surface area contributed by atoms with E-state index in [-0.39, 0.29) is 0 Å². The van der Waals surface area contributed by atoms with Crippen LogP contribution in [0.15, 0.2) is 23.2 Å². The third-order valence-corrected chi connectivity index (χ3v) is 5.46. The maximum absolute atomic E-state index is 5.37. The second-order valence-corrected chi connectivity index (χ2v) is 7.11. The summed E-state index contributed by atoms with van der Waals surface area (Å²) in [6.07, 6.45) is 1.20. The summed E-state index contributed by atoms with van der Waals surface area (Å²) in [7, 11) is 3.31. The number of ether oxygens (including phenoxy) is 2. The van der Waals surface area contributed by atoms with Crippen molar-refractivity contribution in [2.24, 2.45) is 4.99 Å². The smallest absolute Gasteiger partial charge is 0.194 e. The van der Waals surface area contributed by atoms with Crippen LogP contribution in [0.25, 0.3) is 0 Å². The Morgan fingerprint density at radius 2 is 2.08 bits per heavy atom. The van der Waals surface area contributed by atoms with E-state index in [2.05, 4.69) is 35.8 Å². The molecule has 0 amide bonds. The van der Waals surface area contributed by atoms with Gasteiger partial charge in [0.1, 0.15) is 0 Å². The number of aliphatic imine (C=N–C) groups is 1. The minimum Gasteiger partial charge on any atom is -0.493 e. The summed E-state index contributed by atoms with van der Waals surface area (Å²) in [5.74, 6) is 3.66. The summed E-state index contributed by atoms with van der Waals surface area (Å²) in [5.41, 5.74) is 1.11. The van der Waals surface area contributed by atoms with Crippen LogP contribution < -0.4 is 14.8 Å². The molecule has 1 fully saturated rings. The fourth-order valence-electron chi connectivity index (χ4n) is 2.73. The van der Waals surface area contributed by atoms with Gasteiger partial charge in [0.05, 0.1) is 20.8 Å². The van der Waals surface area contributed by atoms with Crippen molar-refractivity contribution in [3.05, 3.63) is 23.8 Å². The van der Waals surface area contributed by atoms with E-state index in [1.165, 1.54) is 12.2 Å². The van der Waals surface area contributed by atoms with Gasteiger partial charge in [-0.2, -0.15) is 11.8 Å². The predicted molar refractivity (Wildman–Crippen MR) is 102 cm³/mol. The molecule has 0 spiro atoms.